The predicted molar refractivity (Wildman–Crippen MR) is 155 cm³/mol. The van der Waals surface area contributed by atoms with Crippen LogP contribution in [0.25, 0.3) is 0 Å². The van der Waals surface area contributed by atoms with E-state index in [0.29, 0.717) is 26.4 Å². The molecule has 0 aliphatic heterocycles. The maximum Gasteiger partial charge on any atom is 0.0721 e. The van der Waals surface area contributed by atoms with Crippen LogP contribution in [0.4, 0.5) is 0 Å². The second-order valence-corrected chi connectivity index (χ2v) is 9.84. The summed E-state index contributed by atoms with van der Waals surface area (Å²) in [7, 11) is 0. The van der Waals surface area contributed by atoms with E-state index in [1.54, 1.807) is 0 Å². The Morgan fingerprint density at radius 2 is 1.11 bits per heavy atom. The van der Waals surface area contributed by atoms with Crippen molar-refractivity contribution in [3.05, 3.63) is 118 Å². The molecule has 0 aliphatic rings. The van der Waals surface area contributed by atoms with Gasteiger partial charge in [-0.1, -0.05) is 102 Å². The van der Waals surface area contributed by atoms with Crippen molar-refractivity contribution in [2.45, 2.75) is 79.4 Å². The van der Waals surface area contributed by atoms with Gasteiger partial charge in [-0.25, -0.2) is 0 Å². The number of allylic oxidation sites excluding steroid dienone is 6. The maximum atomic E-state index is 6.08. The molecule has 2 aromatic rings. The zero-order chi connectivity index (χ0) is 25.8. The van der Waals surface area contributed by atoms with Crippen molar-refractivity contribution in [3.8, 4) is 0 Å². The molecule has 0 N–H and O–H groups in total. The highest BCUT2D eigenvalue weighted by atomic mass is 16.5. The van der Waals surface area contributed by atoms with Gasteiger partial charge in [-0.2, -0.15) is 0 Å². The minimum absolute atomic E-state index is 0.660. The van der Waals surface area contributed by atoms with E-state index in [1.807, 2.05) is 12.1 Å². The summed E-state index contributed by atoms with van der Waals surface area (Å²) < 4.78 is 11.9. The van der Waals surface area contributed by atoms with Crippen molar-refractivity contribution >= 4 is 0 Å². The van der Waals surface area contributed by atoms with Gasteiger partial charge in [0.05, 0.1) is 26.4 Å². The van der Waals surface area contributed by atoms with Gasteiger partial charge in [0.25, 0.3) is 0 Å². The molecule has 194 valence electrons. The van der Waals surface area contributed by atoms with E-state index in [9.17, 15) is 0 Å². The summed E-state index contributed by atoms with van der Waals surface area (Å²) in [5.74, 6) is 0. The Bertz CT molecular complexity index is 961. The zero-order valence-corrected chi connectivity index (χ0v) is 23.0. The highest BCUT2D eigenvalue weighted by Gasteiger charge is 2.01. The lowest BCUT2D eigenvalue weighted by molar-refractivity contribution is 0.140. The summed E-state index contributed by atoms with van der Waals surface area (Å²) in [5, 5.41) is 0. The van der Waals surface area contributed by atoms with Crippen LogP contribution < -0.4 is 0 Å². The second-order valence-electron chi connectivity index (χ2n) is 9.84. The fourth-order valence-electron chi connectivity index (χ4n) is 3.86. The first-order valence-corrected chi connectivity index (χ1v) is 13.4. The Labute approximate surface area is 220 Å². The van der Waals surface area contributed by atoms with Gasteiger partial charge in [0.1, 0.15) is 0 Å². The predicted octanol–water partition coefficient (Wildman–Crippen LogP) is 9.55. The third-order valence-corrected chi connectivity index (χ3v) is 6.08. The van der Waals surface area contributed by atoms with Crippen molar-refractivity contribution in [2.24, 2.45) is 0 Å². The molecule has 0 saturated carbocycles. The molecule has 0 amide bonds. The summed E-state index contributed by atoms with van der Waals surface area (Å²) >= 11 is 0. The van der Waals surface area contributed by atoms with Crippen LogP contribution in [0.2, 0.25) is 0 Å². The second kappa shape index (κ2) is 18.6. The van der Waals surface area contributed by atoms with Crippen LogP contribution >= 0.6 is 0 Å². The first kappa shape index (κ1) is 29.5. The Morgan fingerprint density at radius 3 is 1.72 bits per heavy atom. The van der Waals surface area contributed by atoms with E-state index in [1.165, 1.54) is 33.4 Å². The van der Waals surface area contributed by atoms with E-state index >= 15 is 0 Å². The summed E-state index contributed by atoms with van der Waals surface area (Å²) in [6.07, 6.45) is 15.8. The molecule has 0 bridgehead atoms. The molecule has 0 aliphatic carbocycles. The lowest BCUT2D eigenvalue weighted by Gasteiger charge is -2.10. The van der Waals surface area contributed by atoms with Crippen molar-refractivity contribution in [1.29, 1.82) is 0 Å². The monoisotopic (exact) mass is 486 g/mol. The fourth-order valence-corrected chi connectivity index (χ4v) is 3.86. The van der Waals surface area contributed by atoms with Crippen LogP contribution in [-0.2, 0) is 22.7 Å². The van der Waals surface area contributed by atoms with Gasteiger partial charge in [-0.15, -0.1) is 0 Å². The van der Waals surface area contributed by atoms with Crippen LogP contribution in [0.1, 0.15) is 77.3 Å². The minimum atomic E-state index is 0.660. The first-order chi connectivity index (χ1) is 17.5. The van der Waals surface area contributed by atoms with Crippen LogP contribution in [0, 0.1) is 0 Å². The molecule has 2 nitrogen and oxygen atoms in total. The topological polar surface area (TPSA) is 18.5 Å². The highest BCUT2D eigenvalue weighted by molar-refractivity contribution is 5.15. The van der Waals surface area contributed by atoms with E-state index in [-0.39, 0.29) is 0 Å². The summed E-state index contributed by atoms with van der Waals surface area (Å²) in [5.41, 5.74) is 8.09. The molecule has 0 aromatic heterocycles. The van der Waals surface area contributed by atoms with Crippen LogP contribution in [0.15, 0.2) is 107 Å². The number of benzene rings is 2. The number of hydrogen-bond donors (Lipinski definition) is 0. The molecule has 0 atom stereocenters. The van der Waals surface area contributed by atoms with E-state index in [2.05, 4.69) is 101 Å². The van der Waals surface area contributed by atoms with Crippen LogP contribution in [0.3, 0.4) is 0 Å². The summed E-state index contributed by atoms with van der Waals surface area (Å²) in [6.45, 7) is 11.5. The van der Waals surface area contributed by atoms with Gasteiger partial charge in [0.15, 0.2) is 0 Å². The minimum Gasteiger partial charge on any atom is -0.373 e. The van der Waals surface area contributed by atoms with Crippen molar-refractivity contribution in [3.63, 3.8) is 0 Å². The average Bonchev–Trinajstić information content (AvgIpc) is 2.87. The summed E-state index contributed by atoms with van der Waals surface area (Å²) in [6, 6.07) is 20.8. The average molecular weight is 487 g/mol. The normalized spacial score (nSPS) is 12.6. The number of hydrogen-bond acceptors (Lipinski definition) is 2. The molecule has 0 spiro atoms. The van der Waals surface area contributed by atoms with E-state index < -0.39 is 0 Å². The SMILES string of the molecule is CC(C)=CCC/C(C)=C/CC/C(=C/CC/C(C)=C/COCc1ccccc1)COCc1ccccc1. The highest BCUT2D eigenvalue weighted by Crippen LogP contribution is 2.15. The van der Waals surface area contributed by atoms with Gasteiger partial charge in [0.2, 0.25) is 0 Å². The summed E-state index contributed by atoms with van der Waals surface area (Å²) in [4.78, 5) is 0. The lowest BCUT2D eigenvalue weighted by Crippen LogP contribution is -2.00. The molecule has 0 heterocycles. The zero-order valence-electron chi connectivity index (χ0n) is 23.0. The third kappa shape index (κ3) is 14.7. The van der Waals surface area contributed by atoms with Gasteiger partial charge in [-0.05, 0) is 82.9 Å². The smallest absolute Gasteiger partial charge is 0.0721 e. The molecule has 2 rings (SSSR count). The molecule has 36 heavy (non-hydrogen) atoms. The van der Waals surface area contributed by atoms with Crippen molar-refractivity contribution in [2.75, 3.05) is 13.2 Å². The Morgan fingerprint density at radius 1 is 0.583 bits per heavy atom. The molecule has 0 fully saturated rings. The Hall–Kier alpha value is -2.68. The number of rotatable bonds is 17. The molecule has 0 unspecified atom stereocenters. The van der Waals surface area contributed by atoms with Gasteiger partial charge < -0.3 is 9.47 Å². The van der Waals surface area contributed by atoms with Gasteiger partial charge in [-0.3, -0.25) is 0 Å². The molecule has 2 heteroatoms. The molecular weight excluding hydrogens is 440 g/mol. The molecular formula is C34H46O2. The van der Waals surface area contributed by atoms with Crippen molar-refractivity contribution in [1.82, 2.24) is 0 Å². The number of ether oxygens (including phenoxy) is 2. The van der Waals surface area contributed by atoms with Gasteiger partial charge >= 0.3 is 0 Å². The van der Waals surface area contributed by atoms with E-state index in [0.717, 1.165) is 38.5 Å². The quantitative estimate of drug-likeness (QED) is 0.164. The maximum absolute atomic E-state index is 6.08. The van der Waals surface area contributed by atoms with E-state index in [4.69, 9.17) is 9.47 Å². The fraction of sp³-hybridized carbons (Fsp3) is 0.412. The Balaban J connectivity index is 1.80. The Kier molecular flexibility index (Phi) is 15.2. The largest absolute Gasteiger partial charge is 0.373 e. The standard InChI is InChI=1S/C34H46O2/c1-29(2)14-11-15-30(3)16-12-22-34(28-36-27-33-20-9-6-10-21-33)23-13-17-31(4)24-25-35-26-32-18-7-5-8-19-32/h5-10,14,16,18-21,23-24H,11-13,15,17,22,25-28H2,1-4H3/b30-16+,31-24+,34-23-. The lowest BCUT2D eigenvalue weighted by atomic mass is 10.0. The van der Waals surface area contributed by atoms with Gasteiger partial charge in [0, 0.05) is 0 Å². The van der Waals surface area contributed by atoms with Crippen LogP contribution in [-0.4, -0.2) is 13.2 Å². The van der Waals surface area contributed by atoms with Crippen molar-refractivity contribution < 1.29 is 9.47 Å². The molecule has 2 aromatic carbocycles. The molecule has 0 saturated heterocycles. The first-order valence-electron chi connectivity index (χ1n) is 13.4. The van der Waals surface area contributed by atoms with Crippen LogP contribution in [0.5, 0.6) is 0 Å². The molecule has 0 radical (unpaired) electrons. The third-order valence-electron chi connectivity index (χ3n) is 6.08.